The molecule has 3 nitrogen and oxygen atoms in total. The van der Waals surface area contributed by atoms with Gasteiger partial charge in [0.1, 0.15) is 0 Å². The van der Waals surface area contributed by atoms with Gasteiger partial charge in [0.25, 0.3) is 0 Å². The van der Waals surface area contributed by atoms with Gasteiger partial charge in [0.2, 0.25) is 0 Å². The highest BCUT2D eigenvalue weighted by Gasteiger charge is 2.40. The summed E-state index contributed by atoms with van der Waals surface area (Å²) in [6.07, 6.45) is 6.77. The van der Waals surface area contributed by atoms with E-state index in [0.717, 1.165) is 31.7 Å². The third-order valence-electron chi connectivity index (χ3n) is 5.41. The molecule has 1 heterocycles. The second kappa shape index (κ2) is 6.25. The van der Waals surface area contributed by atoms with Crippen molar-refractivity contribution in [3.63, 3.8) is 0 Å². The zero-order valence-corrected chi connectivity index (χ0v) is 12.6. The fourth-order valence-electron chi connectivity index (χ4n) is 4.04. The molecule has 0 aromatic carbocycles. The van der Waals surface area contributed by atoms with E-state index < -0.39 is 5.97 Å². The Balaban J connectivity index is 2.13. The van der Waals surface area contributed by atoms with Crippen molar-refractivity contribution in [3.8, 4) is 0 Å². The van der Waals surface area contributed by atoms with Crippen molar-refractivity contribution in [2.24, 2.45) is 17.8 Å². The molecule has 110 valence electrons. The normalized spacial score (nSPS) is 41.1. The molecule has 2 aliphatic rings. The van der Waals surface area contributed by atoms with Gasteiger partial charge in [-0.2, -0.15) is 0 Å². The van der Waals surface area contributed by atoms with Crippen LogP contribution in [0.2, 0.25) is 0 Å². The van der Waals surface area contributed by atoms with Gasteiger partial charge in [0.15, 0.2) is 0 Å². The quantitative estimate of drug-likeness (QED) is 0.852. The Morgan fingerprint density at radius 1 is 1.21 bits per heavy atom. The minimum Gasteiger partial charge on any atom is -0.481 e. The average Bonchev–Trinajstić information content (AvgIpc) is 2.40. The molecule has 5 unspecified atom stereocenters. The average molecular weight is 267 g/mol. The van der Waals surface area contributed by atoms with Gasteiger partial charge in [-0.15, -0.1) is 0 Å². The lowest BCUT2D eigenvalue weighted by Gasteiger charge is -2.47. The van der Waals surface area contributed by atoms with E-state index in [1.165, 1.54) is 19.3 Å². The Morgan fingerprint density at radius 3 is 2.58 bits per heavy atom. The fraction of sp³-hybridized carbons (Fsp3) is 0.938. The van der Waals surface area contributed by atoms with Crippen LogP contribution in [0.15, 0.2) is 0 Å². The molecule has 0 aromatic rings. The third-order valence-corrected chi connectivity index (χ3v) is 5.41. The van der Waals surface area contributed by atoms with Crippen molar-refractivity contribution in [1.82, 2.24) is 4.90 Å². The summed E-state index contributed by atoms with van der Waals surface area (Å²) < 4.78 is 0. The molecule has 0 amide bonds. The van der Waals surface area contributed by atoms with Gasteiger partial charge in [0.05, 0.1) is 5.92 Å². The summed E-state index contributed by atoms with van der Waals surface area (Å²) in [5.41, 5.74) is 0. The van der Waals surface area contributed by atoms with E-state index in [0.29, 0.717) is 12.0 Å². The van der Waals surface area contributed by atoms with Crippen molar-refractivity contribution in [1.29, 1.82) is 0 Å². The second-order valence-corrected chi connectivity index (χ2v) is 6.83. The maximum atomic E-state index is 11.6. The number of likely N-dealkylation sites (tertiary alicyclic amines) is 1. The molecule has 1 saturated carbocycles. The molecular formula is C16H29NO2. The lowest BCUT2D eigenvalue weighted by Crippen LogP contribution is -2.53. The number of carboxylic acid groups (broad SMARTS) is 1. The van der Waals surface area contributed by atoms with Crippen LogP contribution in [0.3, 0.4) is 0 Å². The predicted octanol–water partition coefficient (Wildman–Crippen LogP) is 3.39. The summed E-state index contributed by atoms with van der Waals surface area (Å²) in [4.78, 5) is 14.1. The van der Waals surface area contributed by atoms with E-state index in [1.807, 2.05) is 0 Å². The van der Waals surface area contributed by atoms with Crippen molar-refractivity contribution in [2.45, 2.75) is 71.4 Å². The lowest BCUT2D eigenvalue weighted by molar-refractivity contribution is -0.147. The first-order valence-electron chi connectivity index (χ1n) is 8.01. The van der Waals surface area contributed by atoms with Crippen LogP contribution in [-0.2, 0) is 4.79 Å². The van der Waals surface area contributed by atoms with Crippen LogP contribution in [0.1, 0.15) is 59.3 Å². The molecule has 5 atom stereocenters. The van der Waals surface area contributed by atoms with Gasteiger partial charge in [-0.25, -0.2) is 0 Å². The molecule has 0 aromatic heterocycles. The number of aliphatic carboxylic acids is 1. The van der Waals surface area contributed by atoms with Crippen molar-refractivity contribution >= 4 is 5.97 Å². The van der Waals surface area contributed by atoms with E-state index in [4.69, 9.17) is 0 Å². The van der Waals surface area contributed by atoms with Crippen molar-refractivity contribution in [3.05, 3.63) is 0 Å². The van der Waals surface area contributed by atoms with Gasteiger partial charge in [-0.05, 0) is 50.9 Å². The molecule has 3 heteroatoms. The summed E-state index contributed by atoms with van der Waals surface area (Å²) >= 11 is 0. The van der Waals surface area contributed by atoms with Crippen molar-refractivity contribution < 1.29 is 9.90 Å². The summed E-state index contributed by atoms with van der Waals surface area (Å²) in [6, 6.07) is 0.826. The highest BCUT2D eigenvalue weighted by molar-refractivity contribution is 5.71. The fourth-order valence-corrected chi connectivity index (χ4v) is 4.04. The Morgan fingerprint density at radius 2 is 1.95 bits per heavy atom. The molecule has 1 N–H and O–H groups in total. The first kappa shape index (κ1) is 14.8. The molecule has 0 radical (unpaired) electrons. The first-order chi connectivity index (χ1) is 9.02. The number of piperidine rings is 1. The number of carbonyl (C=O) groups is 1. The van der Waals surface area contributed by atoms with E-state index >= 15 is 0 Å². The minimum absolute atomic E-state index is 0.143. The summed E-state index contributed by atoms with van der Waals surface area (Å²) in [6.45, 7) is 7.91. The topological polar surface area (TPSA) is 40.5 Å². The Labute approximate surface area is 117 Å². The lowest BCUT2D eigenvalue weighted by atomic mass is 9.75. The van der Waals surface area contributed by atoms with E-state index in [9.17, 15) is 9.90 Å². The van der Waals surface area contributed by atoms with Gasteiger partial charge in [-0.3, -0.25) is 9.69 Å². The van der Waals surface area contributed by atoms with Crippen LogP contribution in [0.5, 0.6) is 0 Å². The first-order valence-corrected chi connectivity index (χ1v) is 8.01. The van der Waals surface area contributed by atoms with Crippen LogP contribution < -0.4 is 0 Å². The second-order valence-electron chi connectivity index (χ2n) is 6.83. The molecule has 1 aliphatic carbocycles. The Hall–Kier alpha value is -0.570. The number of carboxylic acids is 1. The molecule has 0 spiro atoms. The maximum absolute atomic E-state index is 11.6. The maximum Gasteiger partial charge on any atom is 0.308 e. The molecule has 19 heavy (non-hydrogen) atoms. The van der Waals surface area contributed by atoms with Gasteiger partial charge in [-0.1, -0.05) is 20.3 Å². The van der Waals surface area contributed by atoms with E-state index in [-0.39, 0.29) is 12.0 Å². The molecule has 1 saturated heterocycles. The van der Waals surface area contributed by atoms with Crippen LogP contribution in [0.25, 0.3) is 0 Å². The molecule has 2 fully saturated rings. The smallest absolute Gasteiger partial charge is 0.308 e. The predicted molar refractivity (Wildman–Crippen MR) is 77.1 cm³/mol. The van der Waals surface area contributed by atoms with Crippen LogP contribution in [0.4, 0.5) is 0 Å². The summed E-state index contributed by atoms with van der Waals surface area (Å²) in [5.74, 6) is 0.721. The molecule has 0 bridgehead atoms. The number of rotatable bonds is 3. The summed E-state index contributed by atoms with van der Waals surface area (Å²) in [5, 5.41) is 9.52. The highest BCUT2D eigenvalue weighted by atomic mass is 16.4. The van der Waals surface area contributed by atoms with Gasteiger partial charge < -0.3 is 5.11 Å². The van der Waals surface area contributed by atoms with Crippen molar-refractivity contribution in [2.75, 3.05) is 6.54 Å². The zero-order chi connectivity index (χ0) is 14.0. The van der Waals surface area contributed by atoms with Crippen LogP contribution >= 0.6 is 0 Å². The molecule has 1 aliphatic heterocycles. The van der Waals surface area contributed by atoms with E-state index in [2.05, 4.69) is 25.7 Å². The Bertz CT molecular complexity index is 318. The molecular weight excluding hydrogens is 238 g/mol. The van der Waals surface area contributed by atoms with E-state index in [1.54, 1.807) is 0 Å². The number of hydrogen-bond acceptors (Lipinski definition) is 2. The molecule has 2 rings (SSSR count). The summed E-state index contributed by atoms with van der Waals surface area (Å²) in [7, 11) is 0. The Kier molecular flexibility index (Phi) is 4.88. The highest BCUT2D eigenvalue weighted by Crippen LogP contribution is 2.37. The zero-order valence-electron chi connectivity index (χ0n) is 12.6. The van der Waals surface area contributed by atoms with Crippen LogP contribution in [-0.4, -0.2) is 34.6 Å². The monoisotopic (exact) mass is 267 g/mol. The largest absolute Gasteiger partial charge is 0.481 e. The van der Waals surface area contributed by atoms with Crippen LogP contribution in [0, 0.1) is 17.8 Å². The third kappa shape index (κ3) is 3.31. The van der Waals surface area contributed by atoms with Gasteiger partial charge in [0, 0.05) is 18.6 Å². The number of hydrogen-bond donors (Lipinski definition) is 1. The standard InChI is InChI=1S/C16H29NO2/c1-4-13-7-8-14(16(18)19)15(9-13)17-10-11(2)5-6-12(17)3/h11-15H,4-10H2,1-3H3,(H,18,19). The number of nitrogens with zero attached hydrogens (tertiary/aromatic N) is 1. The van der Waals surface area contributed by atoms with Gasteiger partial charge >= 0.3 is 5.97 Å². The minimum atomic E-state index is -0.579. The SMILES string of the molecule is CCC1CCC(C(=O)O)C(N2CC(C)CCC2C)C1.